The lowest BCUT2D eigenvalue weighted by molar-refractivity contribution is -0.149. The maximum atomic E-state index is 12.1. The SMILES string of the molecule is CCCOC(=O)CC1C(=O)NCCN1CC(=O)NCC1CCCO1. The minimum absolute atomic E-state index is 0.0369. The lowest BCUT2D eigenvalue weighted by Gasteiger charge is -2.33. The summed E-state index contributed by atoms with van der Waals surface area (Å²) in [6.45, 7) is 4.58. The average Bonchev–Trinajstić information content (AvgIpc) is 3.08. The van der Waals surface area contributed by atoms with E-state index in [2.05, 4.69) is 10.6 Å². The van der Waals surface area contributed by atoms with Gasteiger partial charge in [-0.2, -0.15) is 0 Å². The van der Waals surface area contributed by atoms with Gasteiger partial charge < -0.3 is 20.1 Å². The Morgan fingerprint density at radius 1 is 1.46 bits per heavy atom. The zero-order chi connectivity index (χ0) is 17.4. The zero-order valence-corrected chi connectivity index (χ0v) is 14.2. The number of rotatable bonds is 8. The summed E-state index contributed by atoms with van der Waals surface area (Å²) in [7, 11) is 0. The summed E-state index contributed by atoms with van der Waals surface area (Å²) in [5.41, 5.74) is 0. The summed E-state index contributed by atoms with van der Waals surface area (Å²) in [6.07, 6.45) is 2.76. The van der Waals surface area contributed by atoms with E-state index >= 15 is 0 Å². The molecule has 2 aliphatic heterocycles. The van der Waals surface area contributed by atoms with Crippen molar-refractivity contribution in [3.8, 4) is 0 Å². The van der Waals surface area contributed by atoms with E-state index in [0.717, 1.165) is 25.9 Å². The quantitative estimate of drug-likeness (QED) is 0.574. The Labute approximate surface area is 142 Å². The first-order chi connectivity index (χ1) is 11.6. The van der Waals surface area contributed by atoms with Crippen LogP contribution in [0.2, 0.25) is 0 Å². The highest BCUT2D eigenvalue weighted by Crippen LogP contribution is 2.12. The maximum Gasteiger partial charge on any atom is 0.307 e. The van der Waals surface area contributed by atoms with E-state index in [1.165, 1.54) is 0 Å². The first kappa shape index (κ1) is 18.7. The number of amides is 2. The van der Waals surface area contributed by atoms with Crippen LogP contribution >= 0.6 is 0 Å². The summed E-state index contributed by atoms with van der Waals surface area (Å²) in [5, 5.41) is 5.57. The number of esters is 1. The molecule has 0 aromatic rings. The third-order valence-electron chi connectivity index (χ3n) is 4.17. The summed E-state index contributed by atoms with van der Waals surface area (Å²) in [4.78, 5) is 37.7. The fourth-order valence-electron chi connectivity index (χ4n) is 2.88. The van der Waals surface area contributed by atoms with Crippen LogP contribution in [0.25, 0.3) is 0 Å². The first-order valence-corrected chi connectivity index (χ1v) is 8.65. The largest absolute Gasteiger partial charge is 0.466 e. The third kappa shape index (κ3) is 5.76. The molecule has 2 atom stereocenters. The molecule has 136 valence electrons. The van der Waals surface area contributed by atoms with E-state index in [1.54, 1.807) is 4.90 Å². The van der Waals surface area contributed by atoms with Crippen LogP contribution in [0.5, 0.6) is 0 Å². The van der Waals surface area contributed by atoms with Crippen molar-refractivity contribution in [2.24, 2.45) is 0 Å². The fraction of sp³-hybridized carbons (Fsp3) is 0.812. The van der Waals surface area contributed by atoms with Crippen molar-refractivity contribution in [2.75, 3.05) is 39.4 Å². The van der Waals surface area contributed by atoms with Crippen molar-refractivity contribution in [3.05, 3.63) is 0 Å². The molecule has 2 aliphatic rings. The molecule has 2 amide bonds. The molecular formula is C16H27N3O5. The predicted octanol–water partition coefficient (Wildman–Crippen LogP) is -0.575. The van der Waals surface area contributed by atoms with Crippen LogP contribution in [0, 0.1) is 0 Å². The van der Waals surface area contributed by atoms with Gasteiger partial charge in [0.2, 0.25) is 11.8 Å². The standard InChI is InChI=1S/C16H27N3O5/c1-2-7-24-15(21)9-13-16(22)17-5-6-19(13)11-14(20)18-10-12-4-3-8-23-12/h12-13H,2-11H2,1H3,(H,17,22)(H,18,20). The number of ether oxygens (including phenoxy) is 2. The average molecular weight is 341 g/mol. The molecule has 2 heterocycles. The topological polar surface area (TPSA) is 97.0 Å². The third-order valence-corrected chi connectivity index (χ3v) is 4.17. The van der Waals surface area contributed by atoms with Gasteiger partial charge >= 0.3 is 5.97 Å². The molecule has 0 spiro atoms. The number of hydrogen-bond acceptors (Lipinski definition) is 6. The normalized spacial score (nSPS) is 24.5. The number of nitrogens with zero attached hydrogens (tertiary/aromatic N) is 1. The molecule has 2 fully saturated rings. The molecule has 0 aliphatic carbocycles. The Kier molecular flexibility index (Phi) is 7.45. The second-order valence-electron chi connectivity index (χ2n) is 6.14. The van der Waals surface area contributed by atoms with Crippen molar-refractivity contribution < 1.29 is 23.9 Å². The Bertz CT molecular complexity index is 451. The van der Waals surface area contributed by atoms with Crippen molar-refractivity contribution in [1.29, 1.82) is 0 Å². The zero-order valence-electron chi connectivity index (χ0n) is 14.2. The second kappa shape index (κ2) is 9.58. The van der Waals surface area contributed by atoms with E-state index in [4.69, 9.17) is 9.47 Å². The fourth-order valence-corrected chi connectivity index (χ4v) is 2.88. The van der Waals surface area contributed by atoms with Gasteiger partial charge in [0.05, 0.1) is 25.7 Å². The van der Waals surface area contributed by atoms with E-state index in [0.29, 0.717) is 26.2 Å². The van der Waals surface area contributed by atoms with Gasteiger partial charge in [0.15, 0.2) is 0 Å². The molecule has 0 aromatic heterocycles. The summed E-state index contributed by atoms with van der Waals surface area (Å²) in [5.74, 6) is -0.808. The Balaban J connectivity index is 1.81. The number of piperazine rings is 1. The predicted molar refractivity (Wildman–Crippen MR) is 86.2 cm³/mol. The van der Waals surface area contributed by atoms with Crippen LogP contribution in [-0.2, 0) is 23.9 Å². The highest BCUT2D eigenvalue weighted by Gasteiger charge is 2.33. The van der Waals surface area contributed by atoms with Crippen molar-refractivity contribution in [1.82, 2.24) is 15.5 Å². The molecule has 8 nitrogen and oxygen atoms in total. The van der Waals surface area contributed by atoms with Crippen molar-refractivity contribution >= 4 is 17.8 Å². The van der Waals surface area contributed by atoms with E-state index < -0.39 is 12.0 Å². The smallest absolute Gasteiger partial charge is 0.307 e. The summed E-state index contributed by atoms with van der Waals surface area (Å²) in [6, 6.07) is -0.656. The minimum atomic E-state index is -0.656. The minimum Gasteiger partial charge on any atom is -0.466 e. The molecule has 2 rings (SSSR count). The van der Waals surface area contributed by atoms with Gasteiger partial charge in [-0.05, 0) is 19.3 Å². The van der Waals surface area contributed by atoms with Gasteiger partial charge in [-0.1, -0.05) is 6.92 Å². The molecule has 2 N–H and O–H groups in total. The van der Waals surface area contributed by atoms with E-state index in [-0.39, 0.29) is 30.9 Å². The van der Waals surface area contributed by atoms with Gasteiger partial charge in [-0.15, -0.1) is 0 Å². The summed E-state index contributed by atoms with van der Waals surface area (Å²) < 4.78 is 10.5. The van der Waals surface area contributed by atoms with Crippen LogP contribution < -0.4 is 10.6 Å². The number of hydrogen-bond donors (Lipinski definition) is 2. The maximum absolute atomic E-state index is 12.1. The van der Waals surface area contributed by atoms with Gasteiger partial charge in [0.25, 0.3) is 0 Å². The van der Waals surface area contributed by atoms with Gasteiger partial charge in [-0.25, -0.2) is 0 Å². The highest BCUT2D eigenvalue weighted by molar-refractivity contribution is 5.88. The van der Waals surface area contributed by atoms with Crippen LogP contribution in [0.4, 0.5) is 0 Å². The van der Waals surface area contributed by atoms with Crippen LogP contribution in [0.3, 0.4) is 0 Å². The molecule has 8 heteroatoms. The van der Waals surface area contributed by atoms with Crippen LogP contribution in [0.15, 0.2) is 0 Å². The van der Waals surface area contributed by atoms with Crippen molar-refractivity contribution in [3.63, 3.8) is 0 Å². The molecule has 2 saturated heterocycles. The number of nitrogens with one attached hydrogen (secondary N) is 2. The lowest BCUT2D eigenvalue weighted by Crippen LogP contribution is -2.58. The highest BCUT2D eigenvalue weighted by atomic mass is 16.5. The first-order valence-electron chi connectivity index (χ1n) is 8.65. The Morgan fingerprint density at radius 3 is 3.00 bits per heavy atom. The van der Waals surface area contributed by atoms with Gasteiger partial charge in [0, 0.05) is 26.2 Å². The monoisotopic (exact) mass is 341 g/mol. The van der Waals surface area contributed by atoms with Gasteiger partial charge in [0.1, 0.15) is 6.04 Å². The molecule has 0 saturated carbocycles. The molecule has 24 heavy (non-hydrogen) atoms. The van der Waals surface area contributed by atoms with Crippen LogP contribution in [-0.4, -0.2) is 74.2 Å². The Hall–Kier alpha value is -1.67. The van der Waals surface area contributed by atoms with E-state index in [1.807, 2.05) is 6.92 Å². The molecule has 0 bridgehead atoms. The number of carbonyl (C=O) groups excluding carboxylic acids is 3. The summed E-state index contributed by atoms with van der Waals surface area (Å²) >= 11 is 0. The molecular weight excluding hydrogens is 314 g/mol. The lowest BCUT2D eigenvalue weighted by atomic mass is 10.1. The van der Waals surface area contributed by atoms with Crippen molar-refractivity contribution in [2.45, 2.75) is 44.8 Å². The molecule has 0 radical (unpaired) electrons. The van der Waals surface area contributed by atoms with E-state index in [9.17, 15) is 14.4 Å². The number of carbonyl (C=O) groups is 3. The molecule has 0 aromatic carbocycles. The second-order valence-corrected chi connectivity index (χ2v) is 6.14. The van der Waals surface area contributed by atoms with Crippen LogP contribution in [0.1, 0.15) is 32.6 Å². The Morgan fingerprint density at radius 2 is 2.29 bits per heavy atom. The van der Waals surface area contributed by atoms with Gasteiger partial charge in [-0.3, -0.25) is 19.3 Å². The molecule has 2 unspecified atom stereocenters.